The summed E-state index contributed by atoms with van der Waals surface area (Å²) in [6.45, 7) is 8.03. The van der Waals surface area contributed by atoms with Crippen LogP contribution in [-0.2, 0) is 6.42 Å². The van der Waals surface area contributed by atoms with Crippen LogP contribution >= 0.6 is 11.8 Å². The second kappa shape index (κ2) is 5.57. The van der Waals surface area contributed by atoms with Crippen molar-refractivity contribution in [3.8, 4) is 0 Å². The summed E-state index contributed by atoms with van der Waals surface area (Å²) < 4.78 is 0. The first-order valence-corrected chi connectivity index (χ1v) is 7.07. The molecule has 0 aliphatic heterocycles. The molecule has 0 aromatic carbocycles. The van der Waals surface area contributed by atoms with Gasteiger partial charge in [-0.15, -0.1) is 0 Å². The number of nitrogens with two attached hydrogens (primary N) is 1. The normalized spacial score (nSPS) is 10.7. The maximum Gasteiger partial charge on any atom is 0.131 e. The van der Waals surface area contributed by atoms with Crippen LogP contribution in [0.2, 0.25) is 0 Å². The van der Waals surface area contributed by atoms with Crippen LogP contribution in [0.3, 0.4) is 0 Å². The van der Waals surface area contributed by atoms with Gasteiger partial charge in [-0.05, 0) is 50.2 Å². The molecular formula is C14H18N4S. The summed E-state index contributed by atoms with van der Waals surface area (Å²) in [6.07, 6.45) is 0.776. The van der Waals surface area contributed by atoms with E-state index in [2.05, 4.69) is 34.0 Å². The molecule has 0 radical (unpaired) electrons. The Balaban J connectivity index is 2.39. The second-order valence-electron chi connectivity index (χ2n) is 4.53. The van der Waals surface area contributed by atoms with Gasteiger partial charge in [-0.2, -0.15) is 0 Å². The van der Waals surface area contributed by atoms with Crippen LogP contribution in [0, 0.1) is 20.8 Å². The fraction of sp³-hybridized carbons (Fsp3) is 0.357. The summed E-state index contributed by atoms with van der Waals surface area (Å²) >= 11 is 1.54. The predicted octanol–water partition coefficient (Wildman–Crippen LogP) is 3.09. The Morgan fingerprint density at radius 1 is 1.11 bits per heavy atom. The van der Waals surface area contributed by atoms with Gasteiger partial charge >= 0.3 is 0 Å². The Morgan fingerprint density at radius 3 is 2.47 bits per heavy atom. The minimum absolute atomic E-state index is 0.554. The largest absolute Gasteiger partial charge is 0.383 e. The molecule has 2 N–H and O–H groups in total. The molecule has 2 rings (SSSR count). The van der Waals surface area contributed by atoms with E-state index in [0.717, 1.165) is 33.6 Å². The van der Waals surface area contributed by atoms with E-state index in [-0.39, 0.29) is 0 Å². The fourth-order valence-electron chi connectivity index (χ4n) is 1.77. The van der Waals surface area contributed by atoms with Crippen molar-refractivity contribution in [3.05, 3.63) is 34.8 Å². The van der Waals surface area contributed by atoms with Gasteiger partial charge in [-0.1, -0.05) is 6.92 Å². The van der Waals surface area contributed by atoms with E-state index in [4.69, 9.17) is 5.73 Å². The number of nitrogens with zero attached hydrogens (tertiary/aromatic N) is 3. The summed E-state index contributed by atoms with van der Waals surface area (Å²) in [6, 6.07) is 4.11. The van der Waals surface area contributed by atoms with Crippen LogP contribution in [0.5, 0.6) is 0 Å². The summed E-state index contributed by atoms with van der Waals surface area (Å²) in [5.41, 5.74) is 9.06. The van der Waals surface area contributed by atoms with Gasteiger partial charge in [0.1, 0.15) is 21.7 Å². The molecule has 2 aromatic rings. The smallest absolute Gasteiger partial charge is 0.131 e. The molecule has 0 fully saturated rings. The fourth-order valence-corrected chi connectivity index (χ4v) is 2.81. The molecule has 0 aliphatic carbocycles. The lowest BCUT2D eigenvalue weighted by molar-refractivity contribution is 0.876. The highest BCUT2D eigenvalue weighted by molar-refractivity contribution is 7.99. The van der Waals surface area contributed by atoms with Gasteiger partial charge in [-0.3, -0.25) is 0 Å². The Labute approximate surface area is 117 Å². The standard InChI is InChI=1S/C14H18N4S/c1-5-11-17-13(15)10(4)14(18-11)19-12-7-8(2)6-9(3)16-12/h6-7H,5H2,1-4H3,(H2,15,17,18). The monoisotopic (exact) mass is 274 g/mol. The Bertz CT molecular complexity index is 590. The number of nitrogen functional groups attached to an aromatic ring is 1. The molecule has 0 saturated heterocycles. The number of aryl methyl sites for hydroxylation is 3. The minimum atomic E-state index is 0.554. The first-order chi connectivity index (χ1) is 8.99. The third-order valence-corrected chi connectivity index (χ3v) is 3.79. The van der Waals surface area contributed by atoms with Gasteiger partial charge in [0.2, 0.25) is 0 Å². The summed E-state index contributed by atoms with van der Waals surface area (Å²) in [4.78, 5) is 13.3. The molecule has 0 spiro atoms. The van der Waals surface area contributed by atoms with E-state index in [1.165, 1.54) is 5.56 Å². The van der Waals surface area contributed by atoms with Crippen LogP contribution in [0.15, 0.2) is 22.2 Å². The highest BCUT2D eigenvalue weighted by atomic mass is 32.2. The SMILES string of the molecule is CCc1nc(N)c(C)c(Sc2cc(C)cc(C)n2)n1. The van der Waals surface area contributed by atoms with Crippen molar-refractivity contribution in [1.82, 2.24) is 15.0 Å². The Kier molecular flexibility index (Phi) is 4.04. The molecule has 0 amide bonds. The van der Waals surface area contributed by atoms with Crippen molar-refractivity contribution >= 4 is 17.6 Å². The van der Waals surface area contributed by atoms with E-state index in [0.29, 0.717) is 5.82 Å². The lowest BCUT2D eigenvalue weighted by atomic mass is 10.3. The van der Waals surface area contributed by atoms with Crippen molar-refractivity contribution in [3.63, 3.8) is 0 Å². The highest BCUT2D eigenvalue weighted by Crippen LogP contribution is 2.30. The van der Waals surface area contributed by atoms with Crippen LogP contribution in [-0.4, -0.2) is 15.0 Å². The molecule has 19 heavy (non-hydrogen) atoms. The van der Waals surface area contributed by atoms with Crippen molar-refractivity contribution in [2.45, 2.75) is 44.2 Å². The molecule has 0 unspecified atom stereocenters. The zero-order valence-electron chi connectivity index (χ0n) is 11.7. The molecule has 100 valence electrons. The predicted molar refractivity (Wildman–Crippen MR) is 78.4 cm³/mol. The highest BCUT2D eigenvalue weighted by Gasteiger charge is 2.10. The summed E-state index contributed by atoms with van der Waals surface area (Å²) in [5, 5.41) is 1.84. The van der Waals surface area contributed by atoms with E-state index in [9.17, 15) is 0 Å². The molecule has 4 nitrogen and oxygen atoms in total. The average molecular weight is 274 g/mol. The minimum Gasteiger partial charge on any atom is -0.383 e. The number of aromatic nitrogens is 3. The molecular weight excluding hydrogens is 256 g/mol. The first-order valence-electron chi connectivity index (χ1n) is 6.25. The average Bonchev–Trinajstić information content (AvgIpc) is 2.33. The number of anilines is 1. The van der Waals surface area contributed by atoms with Crippen molar-refractivity contribution in [2.75, 3.05) is 5.73 Å². The topological polar surface area (TPSA) is 64.7 Å². The quantitative estimate of drug-likeness (QED) is 0.871. The van der Waals surface area contributed by atoms with Gasteiger partial charge in [0.25, 0.3) is 0 Å². The summed E-state index contributed by atoms with van der Waals surface area (Å²) in [5.74, 6) is 1.33. The van der Waals surface area contributed by atoms with Gasteiger partial charge < -0.3 is 5.73 Å². The van der Waals surface area contributed by atoms with E-state index in [1.54, 1.807) is 11.8 Å². The molecule has 0 aliphatic rings. The molecule has 5 heteroatoms. The van der Waals surface area contributed by atoms with Gasteiger partial charge in [0, 0.05) is 17.7 Å². The maximum atomic E-state index is 5.93. The third-order valence-electron chi connectivity index (χ3n) is 2.78. The van der Waals surface area contributed by atoms with Crippen molar-refractivity contribution in [2.24, 2.45) is 0 Å². The zero-order chi connectivity index (χ0) is 14.0. The van der Waals surface area contributed by atoms with Crippen LogP contribution < -0.4 is 5.73 Å². The number of hydrogen-bond donors (Lipinski definition) is 1. The second-order valence-corrected chi connectivity index (χ2v) is 5.54. The van der Waals surface area contributed by atoms with Crippen molar-refractivity contribution < 1.29 is 0 Å². The van der Waals surface area contributed by atoms with Crippen LogP contribution in [0.1, 0.15) is 29.6 Å². The third kappa shape index (κ3) is 3.23. The molecule has 0 bridgehead atoms. The first kappa shape index (κ1) is 13.8. The Morgan fingerprint density at radius 2 is 1.84 bits per heavy atom. The molecule has 0 saturated carbocycles. The van der Waals surface area contributed by atoms with Crippen LogP contribution in [0.25, 0.3) is 0 Å². The van der Waals surface area contributed by atoms with E-state index in [1.807, 2.05) is 20.8 Å². The lowest BCUT2D eigenvalue weighted by Crippen LogP contribution is -2.03. The zero-order valence-corrected chi connectivity index (χ0v) is 12.5. The van der Waals surface area contributed by atoms with Crippen LogP contribution in [0.4, 0.5) is 5.82 Å². The lowest BCUT2D eigenvalue weighted by Gasteiger charge is -2.09. The summed E-state index contributed by atoms with van der Waals surface area (Å²) in [7, 11) is 0. The van der Waals surface area contributed by atoms with Crippen molar-refractivity contribution in [1.29, 1.82) is 0 Å². The van der Waals surface area contributed by atoms with Gasteiger partial charge in [0.05, 0.1) is 0 Å². The molecule has 2 heterocycles. The number of pyridine rings is 1. The maximum absolute atomic E-state index is 5.93. The number of hydrogen-bond acceptors (Lipinski definition) is 5. The van der Waals surface area contributed by atoms with Gasteiger partial charge in [-0.25, -0.2) is 15.0 Å². The van der Waals surface area contributed by atoms with E-state index >= 15 is 0 Å². The van der Waals surface area contributed by atoms with E-state index < -0.39 is 0 Å². The Hall–Kier alpha value is -1.62. The van der Waals surface area contributed by atoms with Gasteiger partial charge in [0.15, 0.2) is 0 Å². The molecule has 0 atom stereocenters. The number of rotatable bonds is 3. The molecule has 2 aromatic heterocycles.